The van der Waals surface area contributed by atoms with Crippen LogP contribution in [0.15, 0.2) is 48.5 Å². The molecule has 1 fully saturated rings. The van der Waals surface area contributed by atoms with Crippen LogP contribution < -0.4 is 15.5 Å². The van der Waals surface area contributed by atoms with Gasteiger partial charge in [0.25, 0.3) is 5.91 Å². The van der Waals surface area contributed by atoms with Gasteiger partial charge in [0.1, 0.15) is 0 Å². The molecule has 2 aromatic carbocycles. The highest BCUT2D eigenvalue weighted by molar-refractivity contribution is 6.04. The molecule has 1 saturated heterocycles. The summed E-state index contributed by atoms with van der Waals surface area (Å²) in [4.78, 5) is 26.5. The zero-order valence-electron chi connectivity index (χ0n) is 16.4. The van der Waals surface area contributed by atoms with Crippen LogP contribution in [0.3, 0.4) is 0 Å². The first-order valence-electron chi connectivity index (χ1n) is 9.65. The van der Waals surface area contributed by atoms with Crippen LogP contribution in [0.1, 0.15) is 30.6 Å². The first kappa shape index (κ1) is 19.9. The van der Waals surface area contributed by atoms with Crippen molar-refractivity contribution in [2.45, 2.75) is 20.3 Å². The predicted molar refractivity (Wildman–Crippen MR) is 112 cm³/mol. The lowest BCUT2D eigenvalue weighted by molar-refractivity contribution is -0.116. The Kier molecular flexibility index (Phi) is 6.66. The number of carbonyl (C=O) groups is 2. The lowest BCUT2D eigenvalue weighted by Crippen LogP contribution is -2.36. The molecule has 6 nitrogen and oxygen atoms in total. The van der Waals surface area contributed by atoms with Crippen molar-refractivity contribution < 1.29 is 14.3 Å². The van der Waals surface area contributed by atoms with Gasteiger partial charge in [0.15, 0.2) is 0 Å². The summed E-state index contributed by atoms with van der Waals surface area (Å²) in [6, 6.07) is 14.7. The SMILES string of the molecule is CC(C)CC(=O)Nc1ccc(NC(=O)c2ccc(N3CCOCC3)cc2)cc1. The van der Waals surface area contributed by atoms with Gasteiger partial charge in [-0.25, -0.2) is 0 Å². The number of hydrogen-bond donors (Lipinski definition) is 2. The van der Waals surface area contributed by atoms with E-state index in [4.69, 9.17) is 4.74 Å². The van der Waals surface area contributed by atoms with E-state index < -0.39 is 0 Å². The third-order valence-electron chi connectivity index (χ3n) is 4.53. The van der Waals surface area contributed by atoms with Crippen LogP contribution in [0.4, 0.5) is 17.1 Å². The number of ether oxygens (including phenoxy) is 1. The molecule has 0 saturated carbocycles. The van der Waals surface area contributed by atoms with Gasteiger partial charge in [0, 0.05) is 42.1 Å². The van der Waals surface area contributed by atoms with Gasteiger partial charge in [-0.05, 0) is 54.4 Å². The average Bonchev–Trinajstić information content (AvgIpc) is 2.69. The summed E-state index contributed by atoms with van der Waals surface area (Å²) in [5.41, 5.74) is 3.11. The molecule has 2 aromatic rings. The molecule has 148 valence electrons. The summed E-state index contributed by atoms with van der Waals surface area (Å²) in [6.45, 7) is 7.21. The second-order valence-corrected chi connectivity index (χ2v) is 7.32. The normalized spacial score (nSPS) is 14.0. The van der Waals surface area contributed by atoms with Crippen LogP contribution >= 0.6 is 0 Å². The zero-order chi connectivity index (χ0) is 19.9. The van der Waals surface area contributed by atoms with E-state index in [9.17, 15) is 9.59 Å². The molecule has 28 heavy (non-hydrogen) atoms. The number of nitrogens with zero attached hydrogens (tertiary/aromatic N) is 1. The number of morpholine rings is 1. The molecular formula is C22H27N3O3. The van der Waals surface area contributed by atoms with E-state index in [1.807, 2.05) is 38.1 Å². The standard InChI is InChI=1S/C22H27N3O3/c1-16(2)15-21(26)23-18-5-7-19(8-6-18)24-22(27)17-3-9-20(10-4-17)25-11-13-28-14-12-25/h3-10,16H,11-15H2,1-2H3,(H,23,26)(H,24,27). The van der Waals surface area contributed by atoms with Gasteiger partial charge >= 0.3 is 0 Å². The van der Waals surface area contributed by atoms with Gasteiger partial charge < -0.3 is 20.3 Å². The molecule has 1 heterocycles. The monoisotopic (exact) mass is 381 g/mol. The minimum atomic E-state index is -0.162. The molecule has 0 radical (unpaired) electrons. The fourth-order valence-electron chi connectivity index (χ4n) is 3.07. The average molecular weight is 381 g/mol. The maximum absolute atomic E-state index is 12.5. The Hall–Kier alpha value is -2.86. The van der Waals surface area contributed by atoms with E-state index in [2.05, 4.69) is 15.5 Å². The molecular weight excluding hydrogens is 354 g/mol. The van der Waals surface area contributed by atoms with E-state index in [1.165, 1.54) is 0 Å². The second kappa shape index (κ2) is 9.37. The van der Waals surface area contributed by atoms with Crippen molar-refractivity contribution >= 4 is 28.9 Å². The quantitative estimate of drug-likeness (QED) is 0.799. The number of carbonyl (C=O) groups excluding carboxylic acids is 2. The Morgan fingerprint density at radius 1 is 0.929 bits per heavy atom. The lowest BCUT2D eigenvalue weighted by atomic mass is 10.1. The third-order valence-corrected chi connectivity index (χ3v) is 4.53. The van der Waals surface area contributed by atoms with Crippen molar-refractivity contribution in [3.8, 4) is 0 Å². The van der Waals surface area contributed by atoms with Crippen molar-refractivity contribution in [1.82, 2.24) is 0 Å². The molecule has 0 spiro atoms. The summed E-state index contributed by atoms with van der Waals surface area (Å²) in [7, 11) is 0. The van der Waals surface area contributed by atoms with Crippen LogP contribution in [-0.4, -0.2) is 38.1 Å². The van der Waals surface area contributed by atoms with Gasteiger partial charge in [-0.15, -0.1) is 0 Å². The minimum absolute atomic E-state index is 0.00727. The van der Waals surface area contributed by atoms with Crippen LogP contribution in [0, 0.1) is 5.92 Å². The summed E-state index contributed by atoms with van der Waals surface area (Å²) in [6.07, 6.45) is 0.485. The molecule has 0 aromatic heterocycles. The lowest BCUT2D eigenvalue weighted by Gasteiger charge is -2.28. The number of nitrogens with one attached hydrogen (secondary N) is 2. The Balaban J connectivity index is 1.56. The molecule has 1 aliphatic rings. The zero-order valence-corrected chi connectivity index (χ0v) is 16.4. The first-order chi connectivity index (χ1) is 13.5. The van der Waals surface area contributed by atoms with E-state index in [0.29, 0.717) is 23.6 Å². The molecule has 2 amide bonds. The Bertz CT molecular complexity index is 795. The van der Waals surface area contributed by atoms with Crippen LogP contribution in [-0.2, 0) is 9.53 Å². The van der Waals surface area contributed by atoms with Crippen LogP contribution in [0.2, 0.25) is 0 Å². The minimum Gasteiger partial charge on any atom is -0.378 e. The highest BCUT2D eigenvalue weighted by atomic mass is 16.5. The number of benzene rings is 2. The van der Waals surface area contributed by atoms with Crippen LogP contribution in [0.5, 0.6) is 0 Å². The second-order valence-electron chi connectivity index (χ2n) is 7.32. The summed E-state index contributed by atoms with van der Waals surface area (Å²) >= 11 is 0. The van der Waals surface area contributed by atoms with Gasteiger partial charge in [0.2, 0.25) is 5.91 Å². The van der Waals surface area contributed by atoms with E-state index in [0.717, 1.165) is 37.7 Å². The molecule has 0 unspecified atom stereocenters. The van der Waals surface area contributed by atoms with Gasteiger partial charge in [-0.2, -0.15) is 0 Å². The van der Waals surface area contributed by atoms with Gasteiger partial charge in [0.05, 0.1) is 13.2 Å². The van der Waals surface area contributed by atoms with Crippen molar-refractivity contribution in [2.75, 3.05) is 41.8 Å². The molecule has 0 bridgehead atoms. The molecule has 2 N–H and O–H groups in total. The smallest absolute Gasteiger partial charge is 0.255 e. The van der Waals surface area contributed by atoms with Crippen molar-refractivity contribution in [1.29, 1.82) is 0 Å². The molecule has 3 rings (SSSR count). The molecule has 0 atom stereocenters. The fourth-order valence-corrected chi connectivity index (χ4v) is 3.07. The number of anilines is 3. The molecule has 1 aliphatic heterocycles. The van der Waals surface area contributed by atoms with Crippen LogP contribution in [0.25, 0.3) is 0 Å². The van der Waals surface area contributed by atoms with Gasteiger partial charge in [-0.1, -0.05) is 13.8 Å². The molecule has 6 heteroatoms. The Morgan fingerprint density at radius 2 is 1.50 bits per heavy atom. The maximum Gasteiger partial charge on any atom is 0.255 e. The largest absolute Gasteiger partial charge is 0.378 e. The fraction of sp³-hybridized carbons (Fsp3) is 0.364. The van der Waals surface area contributed by atoms with Gasteiger partial charge in [-0.3, -0.25) is 9.59 Å². The van der Waals surface area contributed by atoms with Crippen molar-refractivity contribution in [3.05, 3.63) is 54.1 Å². The summed E-state index contributed by atoms with van der Waals surface area (Å²) in [5.74, 6) is 0.144. The summed E-state index contributed by atoms with van der Waals surface area (Å²) < 4.78 is 5.37. The number of amides is 2. The highest BCUT2D eigenvalue weighted by Crippen LogP contribution is 2.19. The third kappa shape index (κ3) is 5.57. The Labute approximate surface area is 165 Å². The number of rotatable bonds is 6. The highest BCUT2D eigenvalue weighted by Gasteiger charge is 2.12. The predicted octanol–water partition coefficient (Wildman–Crippen LogP) is 3.76. The van der Waals surface area contributed by atoms with E-state index >= 15 is 0 Å². The van der Waals surface area contributed by atoms with Crippen molar-refractivity contribution in [3.63, 3.8) is 0 Å². The number of hydrogen-bond acceptors (Lipinski definition) is 4. The topological polar surface area (TPSA) is 70.7 Å². The van der Waals surface area contributed by atoms with E-state index in [1.54, 1.807) is 24.3 Å². The maximum atomic E-state index is 12.5. The van der Waals surface area contributed by atoms with Crippen molar-refractivity contribution in [2.24, 2.45) is 5.92 Å². The van der Waals surface area contributed by atoms with E-state index in [-0.39, 0.29) is 11.8 Å². The Morgan fingerprint density at radius 3 is 2.07 bits per heavy atom. The summed E-state index contributed by atoms with van der Waals surface area (Å²) in [5, 5.41) is 5.74. The first-order valence-corrected chi connectivity index (χ1v) is 9.65. The molecule has 0 aliphatic carbocycles.